The first-order chi connectivity index (χ1) is 10.5. The Labute approximate surface area is 144 Å². The monoisotopic (exact) mass is 434 g/mol. The quantitative estimate of drug-likeness (QED) is 0.669. The van der Waals surface area contributed by atoms with E-state index in [4.69, 9.17) is 0 Å². The summed E-state index contributed by atoms with van der Waals surface area (Å²) in [5.74, 6) is 0.313. The van der Waals surface area contributed by atoms with Gasteiger partial charge in [-0.25, -0.2) is 8.42 Å². The molecule has 3 rings (SSSR count). The summed E-state index contributed by atoms with van der Waals surface area (Å²) in [6.07, 6.45) is 2.19. The molecular weight excluding hydrogens is 415 g/mol. The first-order valence-corrected chi connectivity index (χ1v) is 10.2. The Morgan fingerprint density at radius 3 is 2.27 bits per heavy atom. The Bertz CT molecular complexity index is 652. The van der Waals surface area contributed by atoms with E-state index < -0.39 is 10.0 Å². The van der Waals surface area contributed by atoms with Gasteiger partial charge in [-0.1, -0.05) is 0 Å². The van der Waals surface area contributed by atoms with Crippen LogP contribution >= 0.6 is 22.6 Å². The summed E-state index contributed by atoms with van der Waals surface area (Å²) < 4.78 is 26.7. The smallest absolute Gasteiger partial charge is 0.253 e. The molecule has 120 valence electrons. The largest absolute Gasteiger partial charge is 0.339 e. The predicted octanol–water partition coefficient (Wildman–Crippen LogP) is 1.93. The number of hydrogen-bond donors (Lipinski definition) is 0. The standard InChI is InChI=1S/C15H19IN2O3S/c16-13-4-2-12(3-5-13)15(19)17-9-6-14(7-10-17)18-8-1-11-22(18,20)21/h2-5,14H,1,6-11H2. The molecule has 1 aromatic rings. The first kappa shape index (κ1) is 16.2. The predicted molar refractivity (Wildman–Crippen MR) is 93.2 cm³/mol. The Kier molecular flexibility index (Phi) is 4.75. The molecule has 5 nitrogen and oxygen atoms in total. The molecule has 0 aliphatic carbocycles. The van der Waals surface area contributed by atoms with E-state index in [9.17, 15) is 13.2 Å². The second kappa shape index (κ2) is 6.45. The third kappa shape index (κ3) is 3.30. The van der Waals surface area contributed by atoms with Crippen molar-refractivity contribution in [3.05, 3.63) is 33.4 Å². The molecule has 7 heteroatoms. The number of amides is 1. The summed E-state index contributed by atoms with van der Waals surface area (Å²) >= 11 is 2.21. The van der Waals surface area contributed by atoms with E-state index in [0.717, 1.165) is 22.8 Å². The van der Waals surface area contributed by atoms with Crippen molar-refractivity contribution in [2.45, 2.75) is 25.3 Å². The lowest BCUT2D eigenvalue weighted by molar-refractivity contribution is 0.0681. The van der Waals surface area contributed by atoms with E-state index in [2.05, 4.69) is 22.6 Å². The summed E-state index contributed by atoms with van der Waals surface area (Å²) in [5, 5.41) is 0. The third-order valence-corrected chi connectivity index (χ3v) is 7.11. The van der Waals surface area contributed by atoms with Crippen LogP contribution in [-0.2, 0) is 10.0 Å². The second-order valence-electron chi connectivity index (χ2n) is 5.81. The maximum Gasteiger partial charge on any atom is 0.253 e. The van der Waals surface area contributed by atoms with Crippen molar-refractivity contribution in [1.82, 2.24) is 9.21 Å². The first-order valence-electron chi connectivity index (χ1n) is 7.52. The molecule has 0 saturated carbocycles. The summed E-state index contributed by atoms with van der Waals surface area (Å²) in [6.45, 7) is 1.89. The number of rotatable bonds is 2. The van der Waals surface area contributed by atoms with Gasteiger partial charge in [-0.15, -0.1) is 0 Å². The van der Waals surface area contributed by atoms with Gasteiger partial charge in [0.25, 0.3) is 5.91 Å². The normalized spacial score (nSPS) is 22.9. The van der Waals surface area contributed by atoms with Crippen LogP contribution in [0, 0.1) is 3.57 Å². The lowest BCUT2D eigenvalue weighted by atomic mass is 10.0. The van der Waals surface area contributed by atoms with Crippen LogP contribution in [0.1, 0.15) is 29.6 Å². The van der Waals surface area contributed by atoms with Crippen LogP contribution in [0.25, 0.3) is 0 Å². The highest BCUT2D eigenvalue weighted by molar-refractivity contribution is 14.1. The zero-order chi connectivity index (χ0) is 15.7. The SMILES string of the molecule is O=C(c1ccc(I)cc1)N1CCC(N2CCCS2(=O)=O)CC1. The van der Waals surface area contributed by atoms with Gasteiger partial charge in [-0.3, -0.25) is 4.79 Å². The van der Waals surface area contributed by atoms with Crippen molar-refractivity contribution in [3.8, 4) is 0 Å². The molecule has 2 heterocycles. The van der Waals surface area contributed by atoms with Crippen LogP contribution in [0.2, 0.25) is 0 Å². The number of halogens is 1. The van der Waals surface area contributed by atoms with Crippen molar-refractivity contribution in [2.24, 2.45) is 0 Å². The van der Waals surface area contributed by atoms with E-state index in [1.54, 1.807) is 4.31 Å². The van der Waals surface area contributed by atoms with Crippen LogP contribution in [0.3, 0.4) is 0 Å². The second-order valence-corrected chi connectivity index (χ2v) is 9.10. The average molecular weight is 434 g/mol. The highest BCUT2D eigenvalue weighted by atomic mass is 127. The lowest BCUT2D eigenvalue weighted by Gasteiger charge is -2.35. The van der Waals surface area contributed by atoms with Gasteiger partial charge in [0, 0.05) is 34.8 Å². The summed E-state index contributed by atoms with van der Waals surface area (Å²) in [4.78, 5) is 14.3. The number of sulfonamides is 1. The lowest BCUT2D eigenvalue weighted by Crippen LogP contribution is -2.47. The van der Waals surface area contributed by atoms with Crippen LogP contribution in [0.4, 0.5) is 0 Å². The minimum atomic E-state index is -3.05. The fourth-order valence-corrected chi connectivity index (χ4v) is 5.36. The van der Waals surface area contributed by atoms with Gasteiger partial charge in [-0.05, 0) is 66.1 Å². The highest BCUT2D eigenvalue weighted by Crippen LogP contribution is 2.25. The van der Waals surface area contributed by atoms with Crippen molar-refractivity contribution >= 4 is 38.5 Å². The van der Waals surface area contributed by atoms with Gasteiger partial charge >= 0.3 is 0 Å². The van der Waals surface area contributed by atoms with Crippen molar-refractivity contribution in [3.63, 3.8) is 0 Å². The van der Waals surface area contributed by atoms with E-state index >= 15 is 0 Å². The van der Waals surface area contributed by atoms with Crippen LogP contribution in [-0.4, -0.2) is 55.0 Å². The molecule has 0 aromatic heterocycles. The molecule has 22 heavy (non-hydrogen) atoms. The number of hydrogen-bond acceptors (Lipinski definition) is 3. The van der Waals surface area contributed by atoms with Gasteiger partial charge in [-0.2, -0.15) is 4.31 Å². The third-order valence-electron chi connectivity index (χ3n) is 4.39. The maximum atomic E-state index is 12.5. The average Bonchev–Trinajstić information content (AvgIpc) is 2.87. The van der Waals surface area contributed by atoms with Crippen LogP contribution < -0.4 is 0 Å². The molecule has 2 fully saturated rings. The number of carbonyl (C=O) groups excluding carboxylic acids is 1. The molecule has 2 aliphatic heterocycles. The van der Waals surface area contributed by atoms with Crippen molar-refractivity contribution in [1.29, 1.82) is 0 Å². The Morgan fingerprint density at radius 2 is 1.73 bits per heavy atom. The fraction of sp³-hybridized carbons (Fsp3) is 0.533. The van der Waals surface area contributed by atoms with E-state index in [0.29, 0.717) is 25.2 Å². The van der Waals surface area contributed by atoms with E-state index in [1.165, 1.54) is 0 Å². The number of nitrogens with zero attached hydrogens (tertiary/aromatic N) is 2. The Balaban J connectivity index is 1.62. The highest BCUT2D eigenvalue weighted by Gasteiger charge is 2.36. The molecule has 0 bridgehead atoms. The Hall–Kier alpha value is -0.670. The number of carbonyl (C=O) groups is 1. The van der Waals surface area contributed by atoms with Gasteiger partial charge in [0.15, 0.2) is 0 Å². The molecule has 0 radical (unpaired) electrons. The van der Waals surface area contributed by atoms with Gasteiger partial charge in [0.2, 0.25) is 10.0 Å². The molecule has 0 unspecified atom stereocenters. The molecule has 0 atom stereocenters. The maximum absolute atomic E-state index is 12.5. The van der Waals surface area contributed by atoms with Gasteiger partial charge in [0.1, 0.15) is 0 Å². The van der Waals surface area contributed by atoms with E-state index in [1.807, 2.05) is 29.2 Å². The zero-order valence-corrected chi connectivity index (χ0v) is 15.2. The molecule has 0 spiro atoms. The zero-order valence-electron chi connectivity index (χ0n) is 12.2. The topological polar surface area (TPSA) is 57.7 Å². The number of benzene rings is 1. The summed E-state index contributed by atoms with van der Waals surface area (Å²) in [7, 11) is -3.05. The number of likely N-dealkylation sites (tertiary alicyclic amines) is 1. The molecule has 2 saturated heterocycles. The van der Waals surface area contributed by atoms with Crippen molar-refractivity contribution < 1.29 is 13.2 Å². The fourth-order valence-electron chi connectivity index (χ4n) is 3.20. The summed E-state index contributed by atoms with van der Waals surface area (Å²) in [5.41, 5.74) is 0.702. The van der Waals surface area contributed by atoms with E-state index in [-0.39, 0.29) is 17.7 Å². The Morgan fingerprint density at radius 1 is 1.09 bits per heavy atom. The number of piperidine rings is 1. The molecular formula is C15H19IN2O3S. The minimum absolute atomic E-state index is 0.0409. The van der Waals surface area contributed by atoms with Crippen LogP contribution in [0.15, 0.2) is 24.3 Å². The molecule has 2 aliphatic rings. The van der Waals surface area contributed by atoms with Crippen LogP contribution in [0.5, 0.6) is 0 Å². The molecule has 1 amide bonds. The molecule has 1 aromatic carbocycles. The van der Waals surface area contributed by atoms with Gasteiger partial charge < -0.3 is 4.90 Å². The summed E-state index contributed by atoms with van der Waals surface area (Å²) in [6, 6.07) is 7.62. The van der Waals surface area contributed by atoms with Crippen molar-refractivity contribution in [2.75, 3.05) is 25.4 Å². The molecule has 0 N–H and O–H groups in total. The van der Waals surface area contributed by atoms with Gasteiger partial charge in [0.05, 0.1) is 5.75 Å². The minimum Gasteiger partial charge on any atom is -0.339 e.